The second-order valence-electron chi connectivity index (χ2n) is 6.83. The number of benzene rings is 1. The van der Waals surface area contributed by atoms with Crippen LogP contribution in [0.2, 0.25) is 10.0 Å². The fraction of sp³-hybridized carbons (Fsp3) is 0.312. The zero-order chi connectivity index (χ0) is 19.3. The van der Waals surface area contributed by atoms with Crippen molar-refractivity contribution in [1.29, 1.82) is 0 Å². The van der Waals surface area contributed by atoms with Gasteiger partial charge in [-0.2, -0.15) is 0 Å². The van der Waals surface area contributed by atoms with E-state index in [2.05, 4.69) is 20.3 Å². The summed E-state index contributed by atoms with van der Waals surface area (Å²) in [5.74, 6) is 0.131. The third-order valence-electron chi connectivity index (χ3n) is 3.44. The van der Waals surface area contributed by atoms with Gasteiger partial charge < -0.3 is 9.88 Å². The Morgan fingerprint density at radius 1 is 1.08 bits per heavy atom. The Morgan fingerprint density at radius 2 is 1.65 bits per heavy atom. The SMILES string of the molecule is Cn1ccnc1S(=O)(=O)c1nc2cc(Cl)c(Cl)cc2nc1NC(C)(C)C. The number of nitrogens with zero attached hydrogens (tertiary/aromatic N) is 4. The summed E-state index contributed by atoms with van der Waals surface area (Å²) >= 11 is 12.1. The largest absolute Gasteiger partial charge is 0.363 e. The number of hydrogen-bond acceptors (Lipinski definition) is 6. The minimum atomic E-state index is -4.00. The smallest absolute Gasteiger partial charge is 0.261 e. The van der Waals surface area contributed by atoms with E-state index in [1.54, 1.807) is 19.3 Å². The van der Waals surface area contributed by atoms with E-state index in [1.165, 1.54) is 16.8 Å². The van der Waals surface area contributed by atoms with Crippen LogP contribution in [0.1, 0.15) is 20.8 Å². The Morgan fingerprint density at radius 3 is 2.15 bits per heavy atom. The molecule has 26 heavy (non-hydrogen) atoms. The van der Waals surface area contributed by atoms with Crippen molar-refractivity contribution in [3.63, 3.8) is 0 Å². The maximum Gasteiger partial charge on any atom is 0.261 e. The van der Waals surface area contributed by atoms with Gasteiger partial charge >= 0.3 is 0 Å². The van der Waals surface area contributed by atoms with Crippen LogP contribution in [0.15, 0.2) is 34.7 Å². The number of hydrogen-bond donors (Lipinski definition) is 1. The molecule has 0 unspecified atom stereocenters. The molecular weight excluding hydrogens is 397 g/mol. The first-order valence-electron chi connectivity index (χ1n) is 7.66. The fourth-order valence-electron chi connectivity index (χ4n) is 2.36. The minimum absolute atomic E-state index is 0.122. The summed E-state index contributed by atoms with van der Waals surface area (Å²) in [6.07, 6.45) is 2.96. The summed E-state index contributed by atoms with van der Waals surface area (Å²) < 4.78 is 27.7. The van der Waals surface area contributed by atoms with E-state index in [0.29, 0.717) is 16.1 Å². The van der Waals surface area contributed by atoms with Crippen LogP contribution >= 0.6 is 23.2 Å². The molecule has 0 amide bonds. The third kappa shape index (κ3) is 3.49. The van der Waals surface area contributed by atoms with E-state index in [-0.39, 0.29) is 21.0 Å². The molecule has 3 aromatic rings. The molecule has 10 heteroatoms. The summed E-state index contributed by atoms with van der Waals surface area (Å²) in [7, 11) is -2.41. The van der Waals surface area contributed by atoms with Crippen LogP contribution in [0.25, 0.3) is 11.0 Å². The quantitative estimate of drug-likeness (QED) is 0.703. The van der Waals surface area contributed by atoms with Gasteiger partial charge in [0.25, 0.3) is 9.84 Å². The standard InChI is InChI=1S/C16H17Cl2N5O2S/c1-16(2,3)22-13-14(26(24,25)15-19-5-6-23(15)4)21-12-8-10(18)9(17)7-11(12)20-13/h5-8H,1-4H3,(H,20,22). The summed E-state index contributed by atoms with van der Waals surface area (Å²) in [5, 5.41) is 3.34. The molecule has 2 heterocycles. The molecule has 3 rings (SSSR count). The molecule has 2 aromatic heterocycles. The first kappa shape index (κ1) is 18.9. The van der Waals surface area contributed by atoms with E-state index < -0.39 is 15.4 Å². The Bertz CT molecular complexity index is 1100. The van der Waals surface area contributed by atoms with Crippen LogP contribution in [0.5, 0.6) is 0 Å². The Labute approximate surface area is 161 Å². The van der Waals surface area contributed by atoms with Crippen LogP contribution in [-0.4, -0.2) is 33.5 Å². The predicted molar refractivity (Wildman–Crippen MR) is 102 cm³/mol. The average Bonchev–Trinajstić information content (AvgIpc) is 2.93. The first-order valence-corrected chi connectivity index (χ1v) is 9.90. The Hall–Kier alpha value is -1.90. The van der Waals surface area contributed by atoms with Crippen LogP contribution in [-0.2, 0) is 16.9 Å². The molecule has 0 aliphatic heterocycles. The monoisotopic (exact) mass is 413 g/mol. The van der Waals surface area contributed by atoms with Gasteiger partial charge in [-0.3, -0.25) is 0 Å². The van der Waals surface area contributed by atoms with Crippen LogP contribution < -0.4 is 5.32 Å². The zero-order valence-corrected chi connectivity index (χ0v) is 16.9. The lowest BCUT2D eigenvalue weighted by atomic mass is 10.1. The molecule has 0 aliphatic rings. The number of sulfone groups is 1. The Kier molecular flexibility index (Phi) is 4.62. The summed E-state index contributed by atoms with van der Waals surface area (Å²) in [4.78, 5) is 12.7. The highest BCUT2D eigenvalue weighted by atomic mass is 35.5. The molecule has 0 atom stereocenters. The molecular formula is C16H17Cl2N5O2S. The highest BCUT2D eigenvalue weighted by molar-refractivity contribution is 7.91. The molecule has 0 fully saturated rings. The topological polar surface area (TPSA) is 89.8 Å². The van der Waals surface area contributed by atoms with E-state index in [0.717, 1.165) is 0 Å². The van der Waals surface area contributed by atoms with Crippen LogP contribution in [0.3, 0.4) is 0 Å². The van der Waals surface area contributed by atoms with Gasteiger partial charge in [0.2, 0.25) is 10.2 Å². The average molecular weight is 414 g/mol. The zero-order valence-electron chi connectivity index (χ0n) is 14.6. The highest BCUT2D eigenvalue weighted by Crippen LogP contribution is 2.31. The highest BCUT2D eigenvalue weighted by Gasteiger charge is 2.30. The van der Waals surface area contributed by atoms with Gasteiger partial charge in [0, 0.05) is 25.0 Å². The number of nitrogens with one attached hydrogen (secondary N) is 1. The molecule has 0 saturated heterocycles. The van der Waals surface area contributed by atoms with Gasteiger partial charge in [0.15, 0.2) is 5.82 Å². The van der Waals surface area contributed by atoms with E-state index in [4.69, 9.17) is 23.2 Å². The van der Waals surface area contributed by atoms with Gasteiger partial charge in [-0.25, -0.2) is 23.4 Å². The van der Waals surface area contributed by atoms with Gasteiger partial charge in [0.1, 0.15) is 0 Å². The number of aryl methyl sites for hydroxylation is 1. The second kappa shape index (κ2) is 6.37. The van der Waals surface area contributed by atoms with Gasteiger partial charge in [-0.1, -0.05) is 23.2 Å². The molecule has 7 nitrogen and oxygen atoms in total. The van der Waals surface area contributed by atoms with Crippen LogP contribution in [0.4, 0.5) is 5.82 Å². The van der Waals surface area contributed by atoms with Crippen LogP contribution in [0, 0.1) is 0 Å². The molecule has 0 spiro atoms. The molecule has 138 valence electrons. The molecule has 0 aliphatic carbocycles. The maximum absolute atomic E-state index is 13.1. The van der Waals surface area contributed by atoms with E-state index >= 15 is 0 Å². The van der Waals surface area contributed by atoms with Crippen molar-refractivity contribution in [3.05, 3.63) is 34.6 Å². The molecule has 1 N–H and O–H groups in total. The normalized spacial score (nSPS) is 12.5. The van der Waals surface area contributed by atoms with Gasteiger partial charge in [-0.05, 0) is 32.9 Å². The van der Waals surface area contributed by atoms with Crippen molar-refractivity contribution < 1.29 is 8.42 Å². The number of aromatic nitrogens is 4. The number of anilines is 1. The van der Waals surface area contributed by atoms with Crippen molar-refractivity contribution in [3.8, 4) is 0 Å². The van der Waals surface area contributed by atoms with E-state index in [1.807, 2.05) is 20.8 Å². The Balaban J connectivity index is 2.33. The van der Waals surface area contributed by atoms with Crippen molar-refractivity contribution in [2.75, 3.05) is 5.32 Å². The van der Waals surface area contributed by atoms with E-state index in [9.17, 15) is 8.42 Å². The lowest BCUT2D eigenvalue weighted by Gasteiger charge is -2.23. The number of imidazole rings is 1. The lowest BCUT2D eigenvalue weighted by molar-refractivity contribution is 0.573. The maximum atomic E-state index is 13.1. The number of fused-ring (bicyclic) bond motifs is 1. The third-order valence-corrected chi connectivity index (χ3v) is 5.83. The first-order chi connectivity index (χ1) is 12.0. The summed E-state index contributed by atoms with van der Waals surface area (Å²) in [5.41, 5.74) is 0.321. The second-order valence-corrected chi connectivity index (χ2v) is 9.40. The predicted octanol–water partition coefficient (Wildman–Crippen LogP) is 3.71. The molecule has 0 radical (unpaired) electrons. The molecule has 0 bridgehead atoms. The van der Waals surface area contributed by atoms with Gasteiger partial charge in [0.05, 0.1) is 21.1 Å². The van der Waals surface area contributed by atoms with Crippen molar-refractivity contribution in [2.45, 2.75) is 36.5 Å². The van der Waals surface area contributed by atoms with Crippen molar-refractivity contribution in [2.24, 2.45) is 7.05 Å². The summed E-state index contributed by atoms with van der Waals surface area (Å²) in [6.45, 7) is 5.68. The van der Waals surface area contributed by atoms with Crippen molar-refractivity contribution in [1.82, 2.24) is 19.5 Å². The van der Waals surface area contributed by atoms with Crippen molar-refractivity contribution >= 4 is 49.9 Å². The summed E-state index contributed by atoms with van der Waals surface area (Å²) in [6, 6.07) is 3.04. The molecule has 0 saturated carbocycles. The number of rotatable bonds is 3. The lowest BCUT2D eigenvalue weighted by Crippen LogP contribution is -2.28. The fourth-order valence-corrected chi connectivity index (χ4v) is 4.05. The van der Waals surface area contributed by atoms with Gasteiger partial charge in [-0.15, -0.1) is 0 Å². The molecule has 1 aromatic carbocycles. The minimum Gasteiger partial charge on any atom is -0.363 e. The number of halogens is 2.